The van der Waals surface area contributed by atoms with Crippen molar-refractivity contribution in [2.75, 3.05) is 18.4 Å². The van der Waals surface area contributed by atoms with E-state index in [1.807, 2.05) is 17.0 Å². The number of rotatable bonds is 7. The Morgan fingerprint density at radius 3 is 2.56 bits per heavy atom. The first-order valence-corrected chi connectivity index (χ1v) is 12.7. The molecule has 1 aromatic rings. The SMILES string of the molecule is O=C1CCC(N2Cc3cc(C4CCN(C(=O)CCCCCBr)CC4)ccc3C2=O)C(=O)N1. The van der Waals surface area contributed by atoms with E-state index in [9.17, 15) is 19.2 Å². The van der Waals surface area contributed by atoms with Gasteiger partial charge in [0.2, 0.25) is 17.7 Å². The fraction of sp³-hybridized carbons (Fsp3) is 0.583. The third-order valence-electron chi connectivity index (χ3n) is 6.89. The van der Waals surface area contributed by atoms with Gasteiger partial charge in [0.25, 0.3) is 5.91 Å². The number of alkyl halides is 1. The standard InChI is InChI=1S/C24H30BrN3O4/c25-11-3-1-2-4-22(30)27-12-9-16(10-13-27)17-5-6-19-18(14-17)15-28(24(19)32)20-7-8-21(29)26-23(20)31/h5-6,14,16,20H,1-4,7-13,15H2,(H,26,29,31). The van der Waals surface area contributed by atoms with Crippen molar-refractivity contribution in [3.8, 4) is 0 Å². The molecular formula is C24H30BrN3O4. The maximum Gasteiger partial charge on any atom is 0.255 e. The van der Waals surface area contributed by atoms with Crippen molar-refractivity contribution >= 4 is 39.6 Å². The van der Waals surface area contributed by atoms with E-state index in [1.54, 1.807) is 4.90 Å². The lowest BCUT2D eigenvalue weighted by Gasteiger charge is -2.32. The number of benzene rings is 1. The van der Waals surface area contributed by atoms with Crippen molar-refractivity contribution in [1.29, 1.82) is 0 Å². The largest absolute Gasteiger partial charge is 0.343 e. The molecule has 3 aliphatic rings. The van der Waals surface area contributed by atoms with Crippen LogP contribution in [0.1, 0.15) is 78.8 Å². The summed E-state index contributed by atoms with van der Waals surface area (Å²) in [6.45, 7) is 1.96. The van der Waals surface area contributed by atoms with Crippen molar-refractivity contribution in [3.05, 3.63) is 34.9 Å². The molecule has 0 spiro atoms. The molecule has 1 atom stereocenters. The van der Waals surface area contributed by atoms with Gasteiger partial charge in [-0.1, -0.05) is 34.5 Å². The van der Waals surface area contributed by atoms with Crippen molar-refractivity contribution in [3.63, 3.8) is 0 Å². The van der Waals surface area contributed by atoms with E-state index >= 15 is 0 Å². The van der Waals surface area contributed by atoms with E-state index in [0.717, 1.165) is 56.1 Å². The predicted octanol–water partition coefficient (Wildman–Crippen LogP) is 3.11. The van der Waals surface area contributed by atoms with Crippen LogP contribution in [0, 0.1) is 0 Å². The van der Waals surface area contributed by atoms with Crippen LogP contribution in [-0.2, 0) is 20.9 Å². The van der Waals surface area contributed by atoms with Crippen LogP contribution < -0.4 is 5.32 Å². The number of likely N-dealkylation sites (tertiary alicyclic amines) is 1. The molecule has 0 bridgehead atoms. The van der Waals surface area contributed by atoms with E-state index < -0.39 is 6.04 Å². The highest BCUT2D eigenvalue weighted by atomic mass is 79.9. The summed E-state index contributed by atoms with van der Waals surface area (Å²) in [6.07, 6.45) is 6.26. The Labute approximate surface area is 197 Å². The quantitative estimate of drug-likeness (QED) is 0.351. The number of fused-ring (bicyclic) bond motifs is 1. The predicted molar refractivity (Wildman–Crippen MR) is 123 cm³/mol. The van der Waals surface area contributed by atoms with E-state index in [4.69, 9.17) is 0 Å². The summed E-state index contributed by atoms with van der Waals surface area (Å²) in [5.41, 5.74) is 2.79. The molecule has 3 aliphatic heterocycles. The molecule has 1 N–H and O–H groups in total. The first-order valence-electron chi connectivity index (χ1n) is 11.6. The fourth-order valence-electron chi connectivity index (χ4n) is 5.02. The monoisotopic (exact) mass is 503 g/mol. The molecule has 8 heteroatoms. The summed E-state index contributed by atoms with van der Waals surface area (Å²) in [6, 6.07) is 5.41. The molecule has 0 radical (unpaired) electrons. The maximum absolute atomic E-state index is 12.9. The molecule has 7 nitrogen and oxygen atoms in total. The van der Waals surface area contributed by atoms with Gasteiger partial charge in [-0.2, -0.15) is 0 Å². The van der Waals surface area contributed by atoms with Gasteiger partial charge >= 0.3 is 0 Å². The lowest BCUT2D eigenvalue weighted by Crippen LogP contribution is -2.52. The molecule has 4 rings (SSSR count). The molecule has 0 aliphatic carbocycles. The molecule has 172 valence electrons. The highest BCUT2D eigenvalue weighted by Gasteiger charge is 2.39. The van der Waals surface area contributed by atoms with Crippen LogP contribution in [0.25, 0.3) is 0 Å². The Balaban J connectivity index is 1.34. The number of carbonyl (C=O) groups excluding carboxylic acids is 4. The molecule has 3 heterocycles. The van der Waals surface area contributed by atoms with Crippen molar-refractivity contribution in [2.45, 2.75) is 69.9 Å². The van der Waals surface area contributed by atoms with Crippen LogP contribution in [0.15, 0.2) is 18.2 Å². The van der Waals surface area contributed by atoms with Crippen molar-refractivity contribution in [1.82, 2.24) is 15.1 Å². The van der Waals surface area contributed by atoms with E-state index in [2.05, 4.69) is 27.3 Å². The van der Waals surface area contributed by atoms with Gasteiger partial charge in [-0.15, -0.1) is 0 Å². The summed E-state index contributed by atoms with van der Waals surface area (Å²) >= 11 is 3.43. The number of hydrogen-bond donors (Lipinski definition) is 1. The minimum Gasteiger partial charge on any atom is -0.343 e. The highest BCUT2D eigenvalue weighted by molar-refractivity contribution is 9.09. The normalized spacial score (nSPS) is 21.7. The number of piperidine rings is 2. The second-order valence-electron chi connectivity index (χ2n) is 8.97. The smallest absolute Gasteiger partial charge is 0.255 e. The summed E-state index contributed by atoms with van der Waals surface area (Å²) in [5.74, 6) is -0.162. The minimum atomic E-state index is -0.583. The van der Waals surface area contributed by atoms with Gasteiger partial charge < -0.3 is 9.80 Å². The number of nitrogens with one attached hydrogen (secondary N) is 1. The van der Waals surface area contributed by atoms with Crippen LogP contribution in [0.2, 0.25) is 0 Å². The van der Waals surface area contributed by atoms with Crippen LogP contribution in [0.5, 0.6) is 0 Å². The van der Waals surface area contributed by atoms with Crippen LogP contribution in [0.3, 0.4) is 0 Å². The molecule has 4 amide bonds. The molecule has 1 unspecified atom stereocenters. The second-order valence-corrected chi connectivity index (χ2v) is 9.76. The van der Waals surface area contributed by atoms with Crippen molar-refractivity contribution in [2.24, 2.45) is 0 Å². The van der Waals surface area contributed by atoms with Gasteiger partial charge in [0.05, 0.1) is 0 Å². The van der Waals surface area contributed by atoms with Gasteiger partial charge in [0.15, 0.2) is 0 Å². The van der Waals surface area contributed by atoms with Gasteiger partial charge in [-0.25, -0.2) is 0 Å². The van der Waals surface area contributed by atoms with Crippen LogP contribution in [-0.4, -0.2) is 57.9 Å². The molecular weight excluding hydrogens is 474 g/mol. The number of imide groups is 1. The Kier molecular flexibility index (Phi) is 7.28. The Morgan fingerprint density at radius 1 is 1.06 bits per heavy atom. The van der Waals surface area contributed by atoms with E-state index in [-0.39, 0.29) is 30.0 Å². The summed E-state index contributed by atoms with van der Waals surface area (Å²) in [5, 5.41) is 3.33. The summed E-state index contributed by atoms with van der Waals surface area (Å²) < 4.78 is 0. The van der Waals surface area contributed by atoms with Gasteiger partial charge in [0, 0.05) is 43.4 Å². The highest BCUT2D eigenvalue weighted by Crippen LogP contribution is 2.33. The number of amides is 4. The molecule has 2 fully saturated rings. The zero-order valence-corrected chi connectivity index (χ0v) is 19.9. The van der Waals surface area contributed by atoms with Crippen LogP contribution >= 0.6 is 15.9 Å². The zero-order chi connectivity index (χ0) is 22.7. The minimum absolute atomic E-state index is 0.138. The van der Waals surface area contributed by atoms with Gasteiger partial charge in [0.1, 0.15) is 6.04 Å². The number of nitrogens with zero attached hydrogens (tertiary/aromatic N) is 2. The first-order chi connectivity index (χ1) is 15.5. The second kappa shape index (κ2) is 10.1. The van der Waals surface area contributed by atoms with E-state index in [0.29, 0.717) is 30.9 Å². The third-order valence-corrected chi connectivity index (χ3v) is 7.45. The number of hydrogen-bond acceptors (Lipinski definition) is 4. The molecule has 2 saturated heterocycles. The Bertz CT molecular complexity index is 911. The Hall–Kier alpha value is -2.22. The first kappa shape index (κ1) is 23.0. The number of unbranched alkanes of at least 4 members (excludes halogenated alkanes) is 2. The lowest BCUT2D eigenvalue weighted by molar-refractivity contribution is -0.137. The van der Waals surface area contributed by atoms with Gasteiger partial charge in [-0.05, 0) is 55.2 Å². The van der Waals surface area contributed by atoms with Gasteiger partial charge in [-0.3, -0.25) is 24.5 Å². The fourth-order valence-corrected chi connectivity index (χ4v) is 5.41. The average Bonchev–Trinajstić information content (AvgIpc) is 3.12. The van der Waals surface area contributed by atoms with E-state index in [1.165, 1.54) is 5.56 Å². The van der Waals surface area contributed by atoms with Crippen molar-refractivity contribution < 1.29 is 19.2 Å². The number of halogens is 1. The average molecular weight is 504 g/mol. The topological polar surface area (TPSA) is 86.8 Å². The lowest BCUT2D eigenvalue weighted by atomic mass is 9.87. The summed E-state index contributed by atoms with van der Waals surface area (Å²) in [4.78, 5) is 52.6. The zero-order valence-electron chi connectivity index (χ0n) is 18.3. The molecule has 1 aromatic carbocycles. The molecule has 0 aromatic heterocycles. The maximum atomic E-state index is 12.9. The van der Waals surface area contributed by atoms with Crippen LogP contribution in [0.4, 0.5) is 0 Å². The molecule has 32 heavy (non-hydrogen) atoms. The summed E-state index contributed by atoms with van der Waals surface area (Å²) in [7, 11) is 0. The molecule has 0 saturated carbocycles. The number of carbonyl (C=O) groups is 4. The third kappa shape index (κ3) is 4.90. The Morgan fingerprint density at radius 2 is 1.84 bits per heavy atom.